The molecule has 0 aliphatic carbocycles. The van der Waals surface area contributed by atoms with Crippen LogP contribution in [-0.2, 0) is 14.4 Å². The van der Waals surface area contributed by atoms with Gasteiger partial charge in [-0.1, -0.05) is 70.4 Å². The van der Waals surface area contributed by atoms with Crippen LogP contribution in [-0.4, -0.2) is 75.4 Å². The summed E-state index contributed by atoms with van der Waals surface area (Å²) in [5.74, 6) is -2.47. The molecule has 0 radical (unpaired) electrons. The summed E-state index contributed by atoms with van der Waals surface area (Å²) in [6.45, 7) is 3.02. The fourth-order valence-corrected chi connectivity index (χ4v) is 3.86. The number of allylic oxidation sites excluding steroid dienone is 2. The molecule has 0 bridgehead atoms. The minimum Gasteiger partial charge on any atom is -1.00 e. The molecule has 202 valence electrons. The molecule has 10 heteroatoms. The van der Waals surface area contributed by atoms with Crippen LogP contribution >= 0.6 is 0 Å². The maximum Gasteiger partial charge on any atom is 1.00 e. The number of aliphatic carboxylic acids is 2. The zero-order valence-electron chi connectivity index (χ0n) is 25.4. The number of amides is 1. The van der Waals surface area contributed by atoms with E-state index in [4.69, 9.17) is 10.2 Å². The van der Waals surface area contributed by atoms with E-state index < -0.39 is 31.3 Å². The SMILES string of the molecule is CCCCCCCC/C=C\CCCCCCCC(=O)N(CCN(CC(=O)O)CC(=O)O)C(C)O.[H-].[H-].[Na+].[Na+]. The van der Waals surface area contributed by atoms with Gasteiger partial charge in [-0.05, 0) is 39.0 Å². The van der Waals surface area contributed by atoms with Gasteiger partial charge in [0.2, 0.25) is 5.91 Å². The first kappa shape index (κ1) is 40.6. The Morgan fingerprint density at radius 1 is 0.750 bits per heavy atom. The zero-order chi connectivity index (χ0) is 25.6. The van der Waals surface area contributed by atoms with E-state index in [2.05, 4.69) is 19.1 Å². The molecule has 0 aliphatic rings. The van der Waals surface area contributed by atoms with Gasteiger partial charge in [0.25, 0.3) is 0 Å². The molecule has 0 aromatic carbocycles. The third-order valence-corrected chi connectivity index (χ3v) is 5.80. The Bertz CT molecular complexity index is 586. The van der Waals surface area contributed by atoms with E-state index >= 15 is 0 Å². The molecule has 36 heavy (non-hydrogen) atoms. The van der Waals surface area contributed by atoms with E-state index in [0.717, 1.165) is 38.5 Å². The number of carboxylic acids is 2. The van der Waals surface area contributed by atoms with E-state index in [1.54, 1.807) is 0 Å². The molecule has 0 rings (SSSR count). The Morgan fingerprint density at radius 2 is 1.19 bits per heavy atom. The summed E-state index contributed by atoms with van der Waals surface area (Å²) >= 11 is 0. The summed E-state index contributed by atoms with van der Waals surface area (Å²) in [7, 11) is 0. The normalized spacial score (nSPS) is 11.7. The number of aliphatic hydroxyl groups excluding tert-OH is 1. The minimum atomic E-state index is -1.13. The summed E-state index contributed by atoms with van der Waals surface area (Å²) in [6.07, 6.45) is 19.2. The minimum absolute atomic E-state index is 0. The Hall–Kier alpha value is 0.0700. The maximum atomic E-state index is 12.5. The van der Waals surface area contributed by atoms with Crippen LogP contribution in [0.3, 0.4) is 0 Å². The number of hydrogen-bond acceptors (Lipinski definition) is 5. The van der Waals surface area contributed by atoms with Crippen LogP contribution in [0.25, 0.3) is 0 Å². The number of hydrogen-bond donors (Lipinski definition) is 3. The van der Waals surface area contributed by atoms with Crippen molar-refractivity contribution in [3.8, 4) is 0 Å². The molecular formula is C26H50N2Na2O6. The van der Waals surface area contributed by atoms with Gasteiger partial charge in [-0.3, -0.25) is 19.3 Å². The van der Waals surface area contributed by atoms with E-state index in [-0.39, 0.29) is 81.0 Å². The Labute approximate surface area is 265 Å². The third-order valence-electron chi connectivity index (χ3n) is 5.80. The van der Waals surface area contributed by atoms with Crippen molar-refractivity contribution in [2.24, 2.45) is 0 Å². The van der Waals surface area contributed by atoms with E-state index in [1.807, 2.05) is 0 Å². The molecular weight excluding hydrogens is 482 g/mol. The topological polar surface area (TPSA) is 118 Å². The van der Waals surface area contributed by atoms with Crippen molar-refractivity contribution in [1.82, 2.24) is 9.80 Å². The third kappa shape index (κ3) is 25.7. The average molecular weight is 533 g/mol. The summed E-state index contributed by atoms with van der Waals surface area (Å²) in [4.78, 5) is 36.8. The van der Waals surface area contributed by atoms with Gasteiger partial charge in [-0.25, -0.2) is 0 Å². The zero-order valence-corrected chi connectivity index (χ0v) is 27.4. The molecule has 8 nitrogen and oxygen atoms in total. The van der Waals surface area contributed by atoms with Crippen LogP contribution in [0, 0.1) is 0 Å². The second kappa shape index (κ2) is 28.1. The molecule has 0 saturated carbocycles. The quantitative estimate of drug-likeness (QED) is 0.0662. The molecule has 1 atom stereocenters. The smallest absolute Gasteiger partial charge is 1.00 e. The van der Waals surface area contributed by atoms with E-state index in [9.17, 15) is 19.5 Å². The molecule has 0 saturated heterocycles. The van der Waals surface area contributed by atoms with Crippen molar-refractivity contribution in [3.05, 3.63) is 12.2 Å². The van der Waals surface area contributed by atoms with Crippen molar-refractivity contribution in [3.63, 3.8) is 0 Å². The molecule has 3 N–H and O–H groups in total. The van der Waals surface area contributed by atoms with Gasteiger partial charge in [0.05, 0.1) is 13.1 Å². The first-order valence-corrected chi connectivity index (χ1v) is 13.1. The molecule has 0 aliphatic heterocycles. The fraction of sp³-hybridized carbons (Fsp3) is 0.808. The van der Waals surface area contributed by atoms with Gasteiger partial charge in [0, 0.05) is 19.5 Å². The number of rotatable bonds is 23. The van der Waals surface area contributed by atoms with Crippen LogP contribution in [0.5, 0.6) is 0 Å². The molecule has 0 heterocycles. The Morgan fingerprint density at radius 3 is 1.64 bits per heavy atom. The van der Waals surface area contributed by atoms with Crippen molar-refractivity contribution >= 4 is 17.8 Å². The monoisotopic (exact) mass is 532 g/mol. The van der Waals surface area contributed by atoms with Gasteiger partial charge in [-0.15, -0.1) is 0 Å². The number of carbonyl (C=O) groups is 3. The van der Waals surface area contributed by atoms with Gasteiger partial charge < -0.3 is 23.1 Å². The molecule has 0 fully saturated rings. The summed E-state index contributed by atoms with van der Waals surface area (Å²) in [6, 6.07) is 0. The molecule has 1 amide bonds. The van der Waals surface area contributed by atoms with Crippen LogP contribution in [0.1, 0.15) is 107 Å². The van der Waals surface area contributed by atoms with Gasteiger partial charge >= 0.3 is 71.1 Å². The van der Waals surface area contributed by atoms with Gasteiger partial charge in [-0.2, -0.15) is 0 Å². The maximum absolute atomic E-state index is 12.5. The largest absolute Gasteiger partial charge is 1.00 e. The van der Waals surface area contributed by atoms with Crippen molar-refractivity contribution in [2.45, 2.75) is 110 Å². The van der Waals surface area contributed by atoms with Crippen molar-refractivity contribution in [1.29, 1.82) is 0 Å². The van der Waals surface area contributed by atoms with Crippen LogP contribution in [0.2, 0.25) is 0 Å². The predicted molar refractivity (Wildman–Crippen MR) is 137 cm³/mol. The van der Waals surface area contributed by atoms with E-state index in [0.29, 0.717) is 6.42 Å². The number of carboxylic acid groups (broad SMARTS) is 2. The van der Waals surface area contributed by atoms with Crippen LogP contribution < -0.4 is 59.1 Å². The van der Waals surface area contributed by atoms with Gasteiger partial charge in [0.1, 0.15) is 6.23 Å². The first-order valence-electron chi connectivity index (χ1n) is 13.1. The molecule has 0 aromatic rings. The van der Waals surface area contributed by atoms with Crippen molar-refractivity contribution in [2.75, 3.05) is 26.2 Å². The number of carbonyl (C=O) groups excluding carboxylic acids is 1. The fourth-order valence-electron chi connectivity index (χ4n) is 3.86. The van der Waals surface area contributed by atoms with Gasteiger partial charge in [0.15, 0.2) is 0 Å². The molecule has 0 spiro atoms. The number of nitrogens with zero attached hydrogens (tertiary/aromatic N) is 2. The summed E-state index contributed by atoms with van der Waals surface area (Å²) in [5, 5.41) is 27.8. The Kier molecular flexibility index (Phi) is 31.6. The first-order chi connectivity index (χ1) is 16.3. The van der Waals surface area contributed by atoms with E-state index in [1.165, 1.54) is 61.7 Å². The van der Waals surface area contributed by atoms with Crippen LogP contribution in [0.4, 0.5) is 0 Å². The number of aliphatic hydroxyl groups is 1. The summed E-state index contributed by atoms with van der Waals surface area (Å²) < 4.78 is 0. The second-order valence-corrected chi connectivity index (χ2v) is 9.05. The Balaban J connectivity index is -0.000000907. The average Bonchev–Trinajstić information content (AvgIpc) is 2.75. The standard InChI is InChI=1S/C26H48N2O6.2Na.2H/c1-3-4-5-6-7-8-9-10-11-12-13-14-15-16-17-18-24(30)28(23(2)29)20-19-27(21-25(31)32)22-26(33)34;;;;/h10-11,23,29H,3-9,12-22H2,1-2H3,(H,31,32)(H,33,34);;;;/q;2*+1;2*-1/b11-10-;;;;. The molecule has 0 aromatic heterocycles. The number of unbranched alkanes of at least 4 members (excludes halogenated alkanes) is 11. The predicted octanol–water partition coefficient (Wildman–Crippen LogP) is -1.10. The second-order valence-electron chi connectivity index (χ2n) is 9.05. The van der Waals surface area contributed by atoms with Crippen LogP contribution in [0.15, 0.2) is 12.2 Å². The summed E-state index contributed by atoms with van der Waals surface area (Å²) in [5.41, 5.74) is 0. The van der Waals surface area contributed by atoms with Crippen molar-refractivity contribution < 1.29 is 91.7 Å². The molecule has 1 unspecified atom stereocenters.